The van der Waals surface area contributed by atoms with Crippen LogP contribution in [-0.4, -0.2) is 21.2 Å². The van der Waals surface area contributed by atoms with Crippen LogP contribution in [0.5, 0.6) is 0 Å². The van der Waals surface area contributed by atoms with Crippen LogP contribution in [0, 0.1) is 0 Å². The molecule has 0 bridgehead atoms. The first-order valence-corrected chi connectivity index (χ1v) is 5.43. The third-order valence-electron chi connectivity index (χ3n) is 0.691. The first-order valence-electron chi connectivity index (χ1n) is 3.22. The Morgan fingerprint density at radius 1 is 1.55 bits per heavy atom. The lowest BCUT2D eigenvalue weighted by atomic mass is 10.9. The lowest BCUT2D eigenvalue weighted by molar-refractivity contribution is 0.182. The molecule has 0 saturated heterocycles. The second kappa shape index (κ2) is 6.94. The summed E-state index contributed by atoms with van der Waals surface area (Å²) in [7, 11) is 0. The average molecular weight is 210 g/mol. The molecule has 0 spiro atoms. The number of thiocarbonyl (C=S) groups is 1. The molecule has 0 atom stereocenters. The third kappa shape index (κ3) is 6.65. The van der Waals surface area contributed by atoms with Crippen LogP contribution in [0.4, 0.5) is 4.79 Å². The molecule has 0 amide bonds. The molecule has 2 nitrogen and oxygen atoms in total. The molecule has 0 heterocycles. The molecule has 0 N–H and O–H groups in total. The van der Waals surface area contributed by atoms with Crippen LogP contribution in [0.2, 0.25) is 0 Å². The zero-order valence-electron chi connectivity index (χ0n) is 6.46. The second-order valence-corrected chi connectivity index (χ2v) is 4.87. The van der Waals surface area contributed by atoms with Gasteiger partial charge in [-0.25, -0.2) is 4.79 Å². The van der Waals surface area contributed by atoms with Gasteiger partial charge in [-0.05, 0) is 12.7 Å². The summed E-state index contributed by atoms with van der Waals surface area (Å²) in [6.07, 6.45) is 0. The maximum absolute atomic E-state index is 10.8. The van der Waals surface area contributed by atoms with Gasteiger partial charge in [0.05, 0.1) is 6.61 Å². The Kier molecular flexibility index (Phi) is 7.10. The average Bonchev–Trinajstić information content (AvgIpc) is 1.87. The number of carbonyl (C=O) groups is 1. The molecule has 0 aliphatic carbocycles. The second-order valence-electron chi connectivity index (χ2n) is 1.47. The summed E-state index contributed by atoms with van der Waals surface area (Å²) in [5.41, 5.74) is 0. The predicted molar refractivity (Wildman–Crippen MR) is 55.3 cm³/mol. The van der Waals surface area contributed by atoms with E-state index >= 15 is 0 Å². The number of hydrogen-bond donors (Lipinski definition) is 0. The summed E-state index contributed by atoms with van der Waals surface area (Å²) in [5, 5.41) is -0.307. The topological polar surface area (TPSA) is 26.3 Å². The van der Waals surface area contributed by atoms with Crippen LogP contribution >= 0.6 is 35.7 Å². The maximum atomic E-state index is 10.8. The Hall–Kier alpha value is 0.260. The normalized spacial score (nSPS) is 9.27. The molecule has 0 unspecified atom stereocenters. The number of thioether (sulfide) groups is 2. The first kappa shape index (κ1) is 11.3. The fourth-order valence-corrected chi connectivity index (χ4v) is 2.26. The SMILES string of the molecule is CCOC(=O)SC(=S)SCC. The van der Waals surface area contributed by atoms with E-state index in [1.807, 2.05) is 6.92 Å². The van der Waals surface area contributed by atoms with Crippen molar-refractivity contribution in [1.82, 2.24) is 0 Å². The van der Waals surface area contributed by atoms with E-state index in [0.29, 0.717) is 10.1 Å². The quantitative estimate of drug-likeness (QED) is 0.516. The van der Waals surface area contributed by atoms with Crippen molar-refractivity contribution < 1.29 is 9.53 Å². The van der Waals surface area contributed by atoms with Crippen molar-refractivity contribution in [2.24, 2.45) is 0 Å². The Bertz CT molecular complexity index is 131. The Balaban J connectivity index is 3.49. The number of ether oxygens (including phenoxy) is 1. The summed E-state index contributed by atoms with van der Waals surface area (Å²) in [4.78, 5) is 10.8. The van der Waals surface area contributed by atoms with Gasteiger partial charge >= 0.3 is 5.30 Å². The van der Waals surface area contributed by atoms with Crippen molar-refractivity contribution in [2.45, 2.75) is 13.8 Å². The highest BCUT2D eigenvalue weighted by molar-refractivity contribution is 8.51. The fraction of sp³-hybridized carbons (Fsp3) is 0.667. The summed E-state index contributed by atoms with van der Waals surface area (Å²) >= 11 is 7.33. The smallest absolute Gasteiger partial charge is 0.373 e. The molecule has 11 heavy (non-hydrogen) atoms. The molecule has 64 valence electrons. The summed E-state index contributed by atoms with van der Waals surface area (Å²) in [6, 6.07) is 0. The molecule has 0 radical (unpaired) electrons. The van der Waals surface area contributed by atoms with Gasteiger partial charge in [-0.1, -0.05) is 19.1 Å². The van der Waals surface area contributed by atoms with E-state index in [0.717, 1.165) is 17.5 Å². The van der Waals surface area contributed by atoms with E-state index in [1.54, 1.807) is 6.92 Å². The minimum atomic E-state index is -0.307. The monoisotopic (exact) mass is 210 g/mol. The van der Waals surface area contributed by atoms with Crippen LogP contribution in [0.3, 0.4) is 0 Å². The molecular weight excluding hydrogens is 200 g/mol. The maximum Gasteiger partial charge on any atom is 0.373 e. The number of hydrogen-bond acceptors (Lipinski definition) is 5. The van der Waals surface area contributed by atoms with Crippen molar-refractivity contribution in [3.8, 4) is 0 Å². The number of rotatable bonds is 2. The van der Waals surface area contributed by atoms with Crippen LogP contribution in [-0.2, 0) is 4.74 Å². The summed E-state index contributed by atoms with van der Waals surface area (Å²) in [5.74, 6) is 0.894. The van der Waals surface area contributed by atoms with E-state index in [-0.39, 0.29) is 5.30 Å². The van der Waals surface area contributed by atoms with Crippen molar-refractivity contribution in [2.75, 3.05) is 12.4 Å². The van der Waals surface area contributed by atoms with Gasteiger partial charge in [0.25, 0.3) is 0 Å². The van der Waals surface area contributed by atoms with E-state index < -0.39 is 0 Å². The molecule has 0 aliphatic heterocycles. The van der Waals surface area contributed by atoms with Gasteiger partial charge in [0, 0.05) is 11.8 Å². The molecule has 0 aromatic rings. The highest BCUT2D eigenvalue weighted by Crippen LogP contribution is 2.18. The number of carbonyl (C=O) groups excluding carboxylic acids is 1. The van der Waals surface area contributed by atoms with Crippen LogP contribution in [0.15, 0.2) is 0 Å². The minimum Gasteiger partial charge on any atom is -0.458 e. The lowest BCUT2D eigenvalue weighted by Crippen LogP contribution is -1.98. The van der Waals surface area contributed by atoms with Gasteiger partial charge < -0.3 is 4.74 Å². The van der Waals surface area contributed by atoms with Crippen molar-refractivity contribution >= 4 is 44.6 Å². The van der Waals surface area contributed by atoms with E-state index in [4.69, 9.17) is 12.2 Å². The zero-order chi connectivity index (χ0) is 8.69. The lowest BCUT2D eigenvalue weighted by Gasteiger charge is -1.99. The van der Waals surface area contributed by atoms with Crippen molar-refractivity contribution in [3.63, 3.8) is 0 Å². The highest BCUT2D eigenvalue weighted by atomic mass is 32.2. The Labute approximate surface area is 80.4 Å². The molecular formula is C6H10O2S3. The van der Waals surface area contributed by atoms with E-state index in [2.05, 4.69) is 4.74 Å². The van der Waals surface area contributed by atoms with Crippen LogP contribution < -0.4 is 0 Å². The predicted octanol–water partition coefficient (Wildman–Crippen LogP) is 2.91. The molecule has 0 rings (SSSR count). The Morgan fingerprint density at radius 2 is 2.18 bits per heavy atom. The molecule has 0 fully saturated rings. The van der Waals surface area contributed by atoms with Gasteiger partial charge in [0.2, 0.25) is 0 Å². The standard InChI is InChI=1S/C6H10O2S3/c1-3-8-5(7)11-6(9)10-4-2/h3-4H2,1-2H3. The van der Waals surface area contributed by atoms with Gasteiger partial charge in [-0.3, -0.25) is 0 Å². The van der Waals surface area contributed by atoms with Crippen molar-refractivity contribution in [3.05, 3.63) is 0 Å². The fourth-order valence-electron chi connectivity index (χ4n) is 0.363. The zero-order valence-corrected chi connectivity index (χ0v) is 8.90. The molecule has 5 heteroatoms. The molecule has 0 aromatic carbocycles. The van der Waals surface area contributed by atoms with E-state index in [1.165, 1.54) is 11.8 Å². The van der Waals surface area contributed by atoms with Gasteiger partial charge in [-0.2, -0.15) is 0 Å². The van der Waals surface area contributed by atoms with Gasteiger partial charge in [0.1, 0.15) is 3.53 Å². The Morgan fingerprint density at radius 3 is 2.64 bits per heavy atom. The van der Waals surface area contributed by atoms with Gasteiger partial charge in [-0.15, -0.1) is 11.8 Å². The summed E-state index contributed by atoms with van der Waals surface area (Å²) in [6.45, 7) is 4.17. The molecule has 0 aromatic heterocycles. The van der Waals surface area contributed by atoms with Crippen LogP contribution in [0.25, 0.3) is 0 Å². The molecule has 0 aliphatic rings. The first-order chi connectivity index (χ1) is 5.20. The minimum absolute atomic E-state index is 0.307. The third-order valence-corrected chi connectivity index (χ3v) is 2.87. The summed E-state index contributed by atoms with van der Waals surface area (Å²) < 4.78 is 5.31. The van der Waals surface area contributed by atoms with E-state index in [9.17, 15) is 4.79 Å². The largest absolute Gasteiger partial charge is 0.458 e. The highest BCUT2D eigenvalue weighted by Gasteiger charge is 2.06. The molecule has 0 saturated carbocycles. The van der Waals surface area contributed by atoms with Crippen LogP contribution in [0.1, 0.15) is 13.8 Å². The van der Waals surface area contributed by atoms with Crippen molar-refractivity contribution in [1.29, 1.82) is 0 Å². The van der Waals surface area contributed by atoms with Gasteiger partial charge in [0.15, 0.2) is 0 Å².